The average molecular weight is 334 g/mol. The number of methoxy groups -OCH3 is 1. The lowest BCUT2D eigenvalue weighted by atomic mass is 9.93. The second-order valence-corrected chi connectivity index (χ2v) is 6.80. The van der Waals surface area contributed by atoms with E-state index in [4.69, 9.17) is 15.0 Å². The van der Waals surface area contributed by atoms with Gasteiger partial charge in [-0.3, -0.25) is 4.99 Å². The highest BCUT2D eigenvalue weighted by Gasteiger charge is 2.34. The van der Waals surface area contributed by atoms with Crippen molar-refractivity contribution in [2.24, 2.45) is 4.99 Å². The molecule has 0 radical (unpaired) electrons. The highest BCUT2D eigenvalue weighted by Crippen LogP contribution is 2.40. The van der Waals surface area contributed by atoms with E-state index in [1.165, 1.54) is 0 Å². The Bertz CT molecular complexity index is 922. The van der Waals surface area contributed by atoms with Gasteiger partial charge in [0.05, 0.1) is 18.5 Å². The third-order valence-electron chi connectivity index (χ3n) is 4.86. The van der Waals surface area contributed by atoms with Crippen LogP contribution in [0.4, 0.5) is 5.69 Å². The first kappa shape index (κ1) is 17.0. The van der Waals surface area contributed by atoms with Crippen LogP contribution < -0.4 is 9.64 Å². The van der Waals surface area contributed by atoms with Gasteiger partial charge in [0.2, 0.25) is 0 Å². The lowest BCUT2D eigenvalue weighted by molar-refractivity contribution is 0.410. The van der Waals surface area contributed by atoms with Crippen LogP contribution in [0.5, 0.6) is 5.75 Å². The summed E-state index contributed by atoms with van der Waals surface area (Å²) in [4.78, 5) is 11.4. The highest BCUT2D eigenvalue weighted by molar-refractivity contribution is 6.17. The number of ether oxygens (including phenoxy) is 1. The van der Waals surface area contributed by atoms with E-state index < -0.39 is 5.66 Å². The number of hydrogen-bond acceptors (Lipinski definition) is 5. The van der Waals surface area contributed by atoms with E-state index in [1.54, 1.807) is 13.3 Å². The zero-order valence-electron chi connectivity index (χ0n) is 15.5. The van der Waals surface area contributed by atoms with Crippen LogP contribution in [0, 0.1) is 25.2 Å². The van der Waals surface area contributed by atoms with Gasteiger partial charge < -0.3 is 9.64 Å². The largest absolute Gasteiger partial charge is 0.496 e. The van der Waals surface area contributed by atoms with E-state index in [9.17, 15) is 0 Å². The molecule has 0 amide bonds. The molecule has 25 heavy (non-hydrogen) atoms. The Labute approximate surface area is 148 Å². The van der Waals surface area contributed by atoms with Crippen molar-refractivity contribution in [2.45, 2.75) is 33.4 Å². The molecule has 1 aliphatic rings. The highest BCUT2D eigenvalue weighted by atomic mass is 16.5. The first-order chi connectivity index (χ1) is 11.8. The minimum absolute atomic E-state index is 0.402. The van der Waals surface area contributed by atoms with Crippen LogP contribution in [0.1, 0.15) is 41.8 Å². The Hall–Kier alpha value is -2.87. The number of benzene rings is 1. The minimum atomic E-state index is -0.402. The SMILES string of the molecule is COc1ccc2c(c1C)N(C)C(C)(C)N=C2c1cnc(C#N)c(C)c1. The van der Waals surface area contributed by atoms with Crippen LogP contribution in [0.3, 0.4) is 0 Å². The molecule has 0 bridgehead atoms. The summed E-state index contributed by atoms with van der Waals surface area (Å²) in [6.07, 6.45) is 1.73. The number of aromatic nitrogens is 1. The van der Waals surface area contributed by atoms with Crippen molar-refractivity contribution in [1.29, 1.82) is 5.26 Å². The van der Waals surface area contributed by atoms with Crippen molar-refractivity contribution < 1.29 is 4.74 Å². The summed E-state index contributed by atoms with van der Waals surface area (Å²) in [7, 11) is 3.74. The molecule has 2 aromatic rings. The molecular formula is C20H22N4O. The maximum absolute atomic E-state index is 9.13. The molecule has 5 heteroatoms. The number of rotatable bonds is 2. The van der Waals surface area contributed by atoms with Crippen LogP contribution in [0.2, 0.25) is 0 Å². The summed E-state index contributed by atoms with van der Waals surface area (Å²) in [5, 5.41) is 9.13. The number of nitriles is 1. The van der Waals surface area contributed by atoms with Gasteiger partial charge in [-0.15, -0.1) is 0 Å². The standard InChI is InChI=1S/C20H22N4O/c1-12-9-14(11-22-16(12)10-21)18-15-7-8-17(25-6)13(2)19(15)24(5)20(3,4)23-18/h7-9,11H,1-6H3. The van der Waals surface area contributed by atoms with E-state index >= 15 is 0 Å². The van der Waals surface area contributed by atoms with E-state index in [0.29, 0.717) is 5.69 Å². The number of aliphatic imine (C=N–C) groups is 1. The summed E-state index contributed by atoms with van der Waals surface area (Å²) in [5.74, 6) is 0.858. The monoisotopic (exact) mass is 334 g/mol. The lowest BCUT2D eigenvalue weighted by Crippen LogP contribution is -2.44. The molecular weight excluding hydrogens is 312 g/mol. The summed E-state index contributed by atoms with van der Waals surface area (Å²) in [5.41, 5.74) is 5.95. The molecule has 0 aliphatic carbocycles. The number of fused-ring (bicyclic) bond motifs is 1. The fourth-order valence-electron chi connectivity index (χ4n) is 3.25. The van der Waals surface area contributed by atoms with Gasteiger partial charge in [-0.05, 0) is 51.5 Å². The Morgan fingerprint density at radius 2 is 1.96 bits per heavy atom. The molecule has 0 saturated heterocycles. The molecule has 5 nitrogen and oxygen atoms in total. The minimum Gasteiger partial charge on any atom is -0.496 e. The predicted octanol–water partition coefficient (Wildman–Crippen LogP) is 3.60. The van der Waals surface area contributed by atoms with E-state index in [2.05, 4.69) is 36.7 Å². The average Bonchev–Trinajstić information content (AvgIpc) is 2.58. The summed E-state index contributed by atoms with van der Waals surface area (Å²) in [6.45, 7) is 8.13. The normalized spacial score (nSPS) is 15.2. The predicted molar refractivity (Wildman–Crippen MR) is 99.5 cm³/mol. The van der Waals surface area contributed by atoms with Gasteiger partial charge in [-0.1, -0.05) is 0 Å². The van der Waals surface area contributed by atoms with Gasteiger partial charge in [-0.2, -0.15) is 5.26 Å². The van der Waals surface area contributed by atoms with Gasteiger partial charge in [0, 0.05) is 29.9 Å². The number of anilines is 1. The first-order valence-electron chi connectivity index (χ1n) is 8.19. The van der Waals surface area contributed by atoms with Crippen LogP contribution in [-0.4, -0.2) is 30.5 Å². The first-order valence-corrected chi connectivity index (χ1v) is 8.19. The van der Waals surface area contributed by atoms with E-state index in [-0.39, 0.29) is 0 Å². The second kappa shape index (κ2) is 5.89. The smallest absolute Gasteiger partial charge is 0.143 e. The Balaban J connectivity index is 2.27. The van der Waals surface area contributed by atoms with Gasteiger partial charge in [-0.25, -0.2) is 4.98 Å². The molecule has 1 aromatic heterocycles. The Morgan fingerprint density at radius 1 is 1.24 bits per heavy atom. The summed E-state index contributed by atoms with van der Waals surface area (Å²) < 4.78 is 5.50. The van der Waals surface area contributed by atoms with E-state index in [0.717, 1.165) is 39.4 Å². The van der Waals surface area contributed by atoms with Crippen LogP contribution in [0.25, 0.3) is 0 Å². The number of hydrogen-bond donors (Lipinski definition) is 0. The summed E-state index contributed by atoms with van der Waals surface area (Å²) >= 11 is 0. The van der Waals surface area contributed by atoms with E-state index in [1.807, 2.05) is 32.2 Å². The van der Waals surface area contributed by atoms with Crippen molar-refractivity contribution in [1.82, 2.24) is 4.98 Å². The fraction of sp³-hybridized carbons (Fsp3) is 0.350. The third-order valence-corrected chi connectivity index (χ3v) is 4.86. The van der Waals surface area contributed by atoms with Crippen molar-refractivity contribution in [3.63, 3.8) is 0 Å². The third kappa shape index (κ3) is 2.64. The maximum Gasteiger partial charge on any atom is 0.143 e. The van der Waals surface area contributed by atoms with Gasteiger partial charge >= 0.3 is 0 Å². The topological polar surface area (TPSA) is 61.5 Å². The zero-order valence-corrected chi connectivity index (χ0v) is 15.5. The molecule has 128 valence electrons. The van der Waals surface area contributed by atoms with Crippen molar-refractivity contribution >= 4 is 11.4 Å². The zero-order chi connectivity index (χ0) is 18.4. The van der Waals surface area contributed by atoms with Crippen LogP contribution in [-0.2, 0) is 0 Å². The molecule has 1 aliphatic heterocycles. The van der Waals surface area contributed by atoms with Gasteiger partial charge in [0.25, 0.3) is 0 Å². The quantitative estimate of drug-likeness (QED) is 0.842. The number of aryl methyl sites for hydroxylation is 1. The van der Waals surface area contributed by atoms with Crippen LogP contribution >= 0.6 is 0 Å². The molecule has 0 spiro atoms. The van der Waals surface area contributed by atoms with Gasteiger partial charge in [0.1, 0.15) is 23.2 Å². The molecule has 0 atom stereocenters. The molecule has 2 heterocycles. The molecule has 0 saturated carbocycles. The molecule has 0 unspecified atom stereocenters. The molecule has 1 aromatic carbocycles. The Kier molecular flexibility index (Phi) is 4.00. The Morgan fingerprint density at radius 3 is 2.56 bits per heavy atom. The maximum atomic E-state index is 9.13. The fourth-order valence-corrected chi connectivity index (χ4v) is 3.25. The van der Waals surface area contributed by atoms with Gasteiger partial charge in [0.15, 0.2) is 0 Å². The number of nitrogens with zero attached hydrogens (tertiary/aromatic N) is 4. The van der Waals surface area contributed by atoms with Crippen molar-refractivity contribution in [3.8, 4) is 11.8 Å². The molecule has 3 rings (SSSR count). The summed E-state index contributed by atoms with van der Waals surface area (Å²) in [6, 6.07) is 8.11. The van der Waals surface area contributed by atoms with Crippen molar-refractivity contribution in [2.75, 3.05) is 19.1 Å². The number of pyridine rings is 1. The van der Waals surface area contributed by atoms with Crippen molar-refractivity contribution in [3.05, 3.63) is 52.3 Å². The molecule has 0 fully saturated rings. The lowest BCUT2D eigenvalue weighted by Gasteiger charge is -2.41. The second-order valence-electron chi connectivity index (χ2n) is 6.80. The van der Waals surface area contributed by atoms with Crippen LogP contribution in [0.15, 0.2) is 29.4 Å². The molecule has 0 N–H and O–H groups in total.